The van der Waals surface area contributed by atoms with Crippen LogP contribution in [-0.2, 0) is 19.4 Å². The van der Waals surface area contributed by atoms with Gasteiger partial charge in [-0.1, -0.05) is 0 Å². The Labute approximate surface area is 131 Å². The van der Waals surface area contributed by atoms with Crippen LogP contribution in [0, 0.1) is 5.92 Å². The molecule has 22 heavy (non-hydrogen) atoms. The van der Waals surface area contributed by atoms with E-state index in [1.165, 1.54) is 0 Å². The largest absolute Gasteiger partial charge is 0.466 e. The van der Waals surface area contributed by atoms with E-state index in [9.17, 15) is 13.2 Å². The van der Waals surface area contributed by atoms with Crippen LogP contribution in [0.3, 0.4) is 0 Å². The molecule has 0 bridgehead atoms. The number of nitrogens with one attached hydrogen (secondary N) is 1. The first kappa shape index (κ1) is 16.9. The fourth-order valence-electron chi connectivity index (χ4n) is 2.62. The van der Waals surface area contributed by atoms with Gasteiger partial charge in [0.1, 0.15) is 0 Å². The van der Waals surface area contributed by atoms with Crippen molar-refractivity contribution in [2.75, 3.05) is 13.2 Å². The summed E-state index contributed by atoms with van der Waals surface area (Å²) < 4.78 is 30.1. The SMILES string of the molecule is CCOC(=O)C1CCNC1c1ncccc1S(=O)(=O)C(C)C. The second-order valence-electron chi connectivity index (χ2n) is 5.56. The highest BCUT2D eigenvalue weighted by atomic mass is 32.2. The lowest BCUT2D eigenvalue weighted by atomic mass is 9.98. The Bertz CT molecular complexity index is 643. The van der Waals surface area contributed by atoms with Crippen LogP contribution in [0.25, 0.3) is 0 Å². The van der Waals surface area contributed by atoms with E-state index in [2.05, 4.69) is 10.3 Å². The Morgan fingerprint density at radius 1 is 1.50 bits per heavy atom. The second-order valence-corrected chi connectivity index (χ2v) is 8.03. The molecular formula is C15H22N2O4S. The quantitative estimate of drug-likeness (QED) is 0.825. The summed E-state index contributed by atoms with van der Waals surface area (Å²) in [5, 5.41) is 2.64. The van der Waals surface area contributed by atoms with Crippen LogP contribution in [0.2, 0.25) is 0 Å². The molecule has 0 saturated carbocycles. The molecule has 2 heterocycles. The first-order valence-electron chi connectivity index (χ1n) is 7.48. The Morgan fingerprint density at radius 3 is 2.86 bits per heavy atom. The number of ether oxygens (including phenoxy) is 1. The molecule has 1 aromatic rings. The summed E-state index contributed by atoms with van der Waals surface area (Å²) in [6, 6.07) is 2.73. The number of hydrogen-bond acceptors (Lipinski definition) is 6. The number of hydrogen-bond donors (Lipinski definition) is 1. The van der Waals surface area contributed by atoms with Crippen molar-refractivity contribution in [1.29, 1.82) is 0 Å². The lowest BCUT2D eigenvalue weighted by Crippen LogP contribution is -2.28. The van der Waals surface area contributed by atoms with Gasteiger partial charge in [-0.05, 0) is 45.9 Å². The van der Waals surface area contributed by atoms with Crippen LogP contribution in [-0.4, -0.2) is 37.8 Å². The molecule has 0 aromatic carbocycles. The van der Waals surface area contributed by atoms with E-state index in [-0.39, 0.29) is 10.9 Å². The summed E-state index contributed by atoms with van der Waals surface area (Å²) >= 11 is 0. The first-order valence-corrected chi connectivity index (χ1v) is 9.03. The van der Waals surface area contributed by atoms with Gasteiger partial charge in [-0.25, -0.2) is 8.42 Å². The summed E-state index contributed by atoms with van der Waals surface area (Å²) in [5.41, 5.74) is 0.409. The van der Waals surface area contributed by atoms with Gasteiger partial charge in [-0.2, -0.15) is 0 Å². The zero-order valence-corrected chi connectivity index (χ0v) is 13.9. The molecule has 2 unspecified atom stereocenters. The number of carbonyl (C=O) groups excluding carboxylic acids is 1. The van der Waals surface area contributed by atoms with E-state index in [4.69, 9.17) is 4.74 Å². The number of aromatic nitrogens is 1. The zero-order valence-electron chi connectivity index (χ0n) is 13.1. The summed E-state index contributed by atoms with van der Waals surface area (Å²) in [7, 11) is -3.46. The smallest absolute Gasteiger partial charge is 0.310 e. The van der Waals surface area contributed by atoms with Crippen molar-refractivity contribution in [3.8, 4) is 0 Å². The lowest BCUT2D eigenvalue weighted by molar-refractivity contribution is -0.148. The van der Waals surface area contributed by atoms with Crippen LogP contribution in [0.5, 0.6) is 0 Å². The number of pyridine rings is 1. The number of carbonyl (C=O) groups is 1. The van der Waals surface area contributed by atoms with Gasteiger partial charge in [0.2, 0.25) is 0 Å². The van der Waals surface area contributed by atoms with Gasteiger partial charge < -0.3 is 10.1 Å². The molecule has 0 amide bonds. The van der Waals surface area contributed by atoms with Crippen LogP contribution >= 0.6 is 0 Å². The molecule has 1 saturated heterocycles. The predicted molar refractivity (Wildman–Crippen MR) is 82.0 cm³/mol. The van der Waals surface area contributed by atoms with Gasteiger partial charge in [0.25, 0.3) is 0 Å². The van der Waals surface area contributed by atoms with Crippen molar-refractivity contribution in [3.63, 3.8) is 0 Å². The van der Waals surface area contributed by atoms with E-state index in [1.54, 1.807) is 39.1 Å². The first-order chi connectivity index (χ1) is 10.4. The average molecular weight is 326 g/mol. The highest BCUT2D eigenvalue weighted by molar-refractivity contribution is 7.92. The third-order valence-electron chi connectivity index (χ3n) is 3.83. The molecular weight excluding hydrogens is 304 g/mol. The highest BCUT2D eigenvalue weighted by Gasteiger charge is 2.39. The summed E-state index contributed by atoms with van der Waals surface area (Å²) in [6.45, 7) is 5.96. The zero-order chi connectivity index (χ0) is 16.3. The van der Waals surface area contributed by atoms with Gasteiger partial charge >= 0.3 is 5.97 Å². The Balaban J connectivity index is 2.43. The molecule has 0 spiro atoms. The number of esters is 1. The van der Waals surface area contributed by atoms with Gasteiger partial charge in [0, 0.05) is 6.20 Å². The molecule has 1 aromatic heterocycles. The van der Waals surface area contributed by atoms with E-state index < -0.39 is 27.0 Å². The van der Waals surface area contributed by atoms with Crippen molar-refractivity contribution in [2.24, 2.45) is 5.92 Å². The van der Waals surface area contributed by atoms with Gasteiger partial charge in [0.15, 0.2) is 9.84 Å². The average Bonchev–Trinajstić information content (AvgIpc) is 2.96. The summed E-state index contributed by atoms with van der Waals surface area (Å²) in [6.07, 6.45) is 2.16. The van der Waals surface area contributed by atoms with E-state index in [1.807, 2.05) is 0 Å². The fourth-order valence-corrected chi connectivity index (χ4v) is 3.87. The minimum Gasteiger partial charge on any atom is -0.466 e. The van der Waals surface area contributed by atoms with Gasteiger partial charge in [-0.3, -0.25) is 9.78 Å². The highest BCUT2D eigenvalue weighted by Crippen LogP contribution is 2.33. The summed E-state index contributed by atoms with van der Waals surface area (Å²) in [4.78, 5) is 16.5. The third kappa shape index (κ3) is 3.15. The second kappa shape index (κ2) is 6.75. The normalized spacial score (nSPS) is 22.0. The van der Waals surface area contributed by atoms with Crippen molar-refractivity contribution < 1.29 is 17.9 Å². The third-order valence-corrected chi connectivity index (χ3v) is 6.03. The van der Waals surface area contributed by atoms with E-state index in [0.717, 1.165) is 0 Å². The van der Waals surface area contributed by atoms with Crippen molar-refractivity contribution in [1.82, 2.24) is 10.3 Å². The van der Waals surface area contributed by atoms with Crippen LogP contribution < -0.4 is 5.32 Å². The van der Waals surface area contributed by atoms with Gasteiger partial charge in [0.05, 0.1) is 34.4 Å². The van der Waals surface area contributed by atoms with Crippen molar-refractivity contribution in [2.45, 2.75) is 43.4 Å². The van der Waals surface area contributed by atoms with Crippen LogP contribution in [0.1, 0.15) is 38.9 Å². The minimum atomic E-state index is -3.46. The van der Waals surface area contributed by atoms with Crippen LogP contribution in [0.15, 0.2) is 23.2 Å². The molecule has 6 nitrogen and oxygen atoms in total. The molecule has 1 aliphatic rings. The molecule has 1 aliphatic heterocycles. The van der Waals surface area contributed by atoms with Crippen LogP contribution in [0.4, 0.5) is 0 Å². The Morgan fingerprint density at radius 2 is 2.23 bits per heavy atom. The molecule has 1 fully saturated rings. The maximum atomic E-state index is 12.5. The maximum absolute atomic E-state index is 12.5. The molecule has 0 radical (unpaired) electrons. The Hall–Kier alpha value is -1.47. The number of nitrogens with zero attached hydrogens (tertiary/aromatic N) is 1. The molecule has 2 rings (SSSR count). The maximum Gasteiger partial charge on any atom is 0.310 e. The summed E-state index contributed by atoms with van der Waals surface area (Å²) in [5.74, 6) is -0.716. The predicted octanol–water partition coefficient (Wildman–Crippen LogP) is 1.48. The standard InChI is InChI=1S/C15H22N2O4S/c1-4-21-15(18)11-7-9-17-13(11)14-12(6-5-8-16-14)22(19,20)10(2)3/h5-6,8,10-11,13,17H,4,7,9H2,1-3H3. The molecule has 0 aliphatic carbocycles. The monoisotopic (exact) mass is 326 g/mol. The topological polar surface area (TPSA) is 85.4 Å². The molecule has 122 valence electrons. The fraction of sp³-hybridized carbons (Fsp3) is 0.600. The van der Waals surface area contributed by atoms with E-state index in [0.29, 0.717) is 25.3 Å². The van der Waals surface area contributed by atoms with Gasteiger partial charge in [-0.15, -0.1) is 0 Å². The van der Waals surface area contributed by atoms with E-state index >= 15 is 0 Å². The number of rotatable bonds is 5. The van der Waals surface area contributed by atoms with Crippen molar-refractivity contribution in [3.05, 3.63) is 24.0 Å². The molecule has 7 heteroatoms. The number of sulfone groups is 1. The van der Waals surface area contributed by atoms with Crippen molar-refractivity contribution >= 4 is 15.8 Å². The molecule has 2 atom stereocenters. The molecule has 1 N–H and O–H groups in total. The lowest BCUT2D eigenvalue weighted by Gasteiger charge is -2.21. The minimum absolute atomic E-state index is 0.193. The Kier molecular flexibility index (Phi) is 5.18.